The number of piperidine rings is 2. The molecule has 140 valence electrons. The maximum absolute atomic E-state index is 11.8. The fourth-order valence-corrected chi connectivity index (χ4v) is 3.53. The summed E-state index contributed by atoms with van der Waals surface area (Å²) in [5.41, 5.74) is 1.87. The Bertz CT molecular complexity index is 666. The van der Waals surface area contributed by atoms with Crippen LogP contribution < -0.4 is 10.6 Å². The normalized spacial score (nSPS) is 22.1. The van der Waals surface area contributed by atoms with E-state index in [4.69, 9.17) is 0 Å². The molecule has 1 unspecified atom stereocenters. The lowest BCUT2D eigenvalue weighted by Crippen LogP contribution is -2.47. The van der Waals surface area contributed by atoms with Crippen molar-refractivity contribution in [3.8, 4) is 0 Å². The highest BCUT2D eigenvalue weighted by molar-refractivity contribution is 6.01. The summed E-state index contributed by atoms with van der Waals surface area (Å²) in [6.45, 7) is 4.48. The molecule has 0 bridgehead atoms. The van der Waals surface area contributed by atoms with Crippen LogP contribution in [-0.4, -0.2) is 53.2 Å². The fourth-order valence-electron chi connectivity index (χ4n) is 3.53. The molecular weight excluding hydrogens is 332 g/mol. The van der Waals surface area contributed by atoms with Crippen molar-refractivity contribution in [3.05, 3.63) is 24.0 Å². The van der Waals surface area contributed by atoms with Crippen LogP contribution in [0.5, 0.6) is 0 Å². The average molecular weight is 358 g/mol. The van der Waals surface area contributed by atoms with Crippen LogP contribution in [0, 0.1) is 0 Å². The predicted octanol–water partition coefficient (Wildman–Crippen LogP) is 1.46. The maximum atomic E-state index is 11.8. The van der Waals surface area contributed by atoms with Crippen LogP contribution >= 0.6 is 0 Å². The summed E-state index contributed by atoms with van der Waals surface area (Å²) in [6, 6.07) is 3.59. The molecule has 2 amide bonds. The van der Waals surface area contributed by atoms with Crippen molar-refractivity contribution in [3.63, 3.8) is 0 Å². The minimum atomic E-state index is -0.384. The van der Waals surface area contributed by atoms with Crippen LogP contribution in [-0.2, 0) is 14.4 Å². The molecule has 0 spiro atoms. The highest BCUT2D eigenvalue weighted by atomic mass is 16.2. The summed E-state index contributed by atoms with van der Waals surface area (Å²) < 4.78 is 0. The summed E-state index contributed by atoms with van der Waals surface area (Å²) in [4.78, 5) is 41.0. The molecule has 3 heterocycles. The molecule has 1 aromatic rings. The van der Waals surface area contributed by atoms with Crippen molar-refractivity contribution < 1.29 is 14.4 Å². The number of anilines is 1. The number of aromatic nitrogens is 1. The first-order valence-electron chi connectivity index (χ1n) is 9.29. The van der Waals surface area contributed by atoms with Crippen molar-refractivity contribution in [1.29, 1.82) is 0 Å². The molecule has 2 fully saturated rings. The number of carbonyl (C=O) groups excluding carboxylic acids is 3. The second-order valence-electron chi connectivity index (χ2n) is 7.19. The minimum absolute atomic E-state index is 0.212. The van der Waals surface area contributed by atoms with E-state index < -0.39 is 0 Å². The van der Waals surface area contributed by atoms with E-state index in [2.05, 4.69) is 20.5 Å². The molecule has 3 rings (SSSR count). The van der Waals surface area contributed by atoms with Gasteiger partial charge in [0.25, 0.3) is 0 Å². The first kappa shape index (κ1) is 18.5. The molecule has 26 heavy (non-hydrogen) atoms. The van der Waals surface area contributed by atoms with Gasteiger partial charge in [-0.1, -0.05) is 0 Å². The van der Waals surface area contributed by atoms with Crippen LogP contribution in [0.2, 0.25) is 0 Å². The first-order chi connectivity index (χ1) is 12.5. The van der Waals surface area contributed by atoms with Gasteiger partial charge in [0.1, 0.15) is 11.8 Å². The van der Waals surface area contributed by atoms with E-state index in [1.54, 1.807) is 13.1 Å². The number of nitrogens with zero attached hydrogens (tertiary/aromatic N) is 2. The largest absolute Gasteiger partial charge is 0.372 e. The zero-order chi connectivity index (χ0) is 18.5. The van der Waals surface area contributed by atoms with Crippen molar-refractivity contribution in [2.45, 2.75) is 51.0 Å². The van der Waals surface area contributed by atoms with Crippen LogP contribution in [0.15, 0.2) is 18.3 Å². The van der Waals surface area contributed by atoms with Crippen LogP contribution in [0.3, 0.4) is 0 Å². The smallest absolute Gasteiger partial charge is 0.249 e. The van der Waals surface area contributed by atoms with Crippen LogP contribution in [0.25, 0.3) is 0 Å². The number of carbonyl (C=O) groups is 3. The Balaban J connectivity index is 1.50. The number of rotatable bonds is 6. The van der Waals surface area contributed by atoms with Gasteiger partial charge in [0.15, 0.2) is 0 Å². The van der Waals surface area contributed by atoms with Gasteiger partial charge < -0.3 is 10.2 Å². The molecule has 0 radical (unpaired) electrons. The number of hydrogen-bond acceptors (Lipinski definition) is 6. The van der Waals surface area contributed by atoms with Gasteiger partial charge in [0.05, 0.1) is 11.9 Å². The highest BCUT2D eigenvalue weighted by Gasteiger charge is 2.26. The van der Waals surface area contributed by atoms with Crippen molar-refractivity contribution in [2.24, 2.45) is 0 Å². The topological polar surface area (TPSA) is 91.4 Å². The Morgan fingerprint density at radius 1 is 1.27 bits per heavy atom. The molecule has 0 aliphatic carbocycles. The summed E-state index contributed by atoms with van der Waals surface area (Å²) >= 11 is 0. The van der Waals surface area contributed by atoms with Gasteiger partial charge >= 0.3 is 0 Å². The number of Topliss-reactive ketones (excluding diaryl/α,β-unsaturated/α-hetero) is 1. The van der Waals surface area contributed by atoms with Gasteiger partial charge in [-0.05, 0) is 51.4 Å². The molecule has 7 heteroatoms. The average Bonchev–Trinajstić information content (AvgIpc) is 2.63. The third-order valence-electron chi connectivity index (χ3n) is 5.15. The summed E-state index contributed by atoms with van der Waals surface area (Å²) in [6.07, 6.45) is 5.35. The molecule has 1 aromatic heterocycles. The van der Waals surface area contributed by atoms with Gasteiger partial charge in [-0.2, -0.15) is 0 Å². The number of imide groups is 1. The lowest BCUT2D eigenvalue weighted by Gasteiger charge is -2.31. The van der Waals surface area contributed by atoms with E-state index >= 15 is 0 Å². The lowest BCUT2D eigenvalue weighted by molar-refractivity contribution is -0.133. The van der Waals surface area contributed by atoms with Crippen molar-refractivity contribution >= 4 is 23.3 Å². The number of ketones is 1. The SMILES string of the molecule is CC(=O)CCN1CCC(c2ccc(NC3CCC(=O)NC3=O)cn2)CC1. The van der Waals surface area contributed by atoms with Gasteiger partial charge in [-0.15, -0.1) is 0 Å². The Morgan fingerprint density at radius 2 is 2.04 bits per heavy atom. The molecule has 1 atom stereocenters. The van der Waals surface area contributed by atoms with E-state index in [0.717, 1.165) is 43.9 Å². The van der Waals surface area contributed by atoms with Crippen molar-refractivity contribution in [1.82, 2.24) is 15.2 Å². The highest BCUT2D eigenvalue weighted by Crippen LogP contribution is 2.27. The summed E-state index contributed by atoms with van der Waals surface area (Å²) in [5, 5.41) is 5.50. The Labute approximate surface area is 153 Å². The minimum Gasteiger partial charge on any atom is -0.372 e. The van der Waals surface area contributed by atoms with Crippen LogP contribution in [0.1, 0.15) is 50.6 Å². The number of nitrogens with one attached hydrogen (secondary N) is 2. The van der Waals surface area contributed by atoms with Gasteiger partial charge in [-0.3, -0.25) is 24.7 Å². The van der Waals surface area contributed by atoms with Gasteiger partial charge in [0.2, 0.25) is 11.8 Å². The summed E-state index contributed by atoms with van der Waals surface area (Å²) in [7, 11) is 0. The van der Waals surface area contributed by atoms with E-state index in [-0.39, 0.29) is 23.6 Å². The number of pyridine rings is 1. The Hall–Kier alpha value is -2.28. The van der Waals surface area contributed by atoms with Crippen molar-refractivity contribution in [2.75, 3.05) is 25.0 Å². The summed E-state index contributed by atoms with van der Waals surface area (Å²) in [5.74, 6) is 0.195. The van der Waals surface area contributed by atoms with E-state index in [1.165, 1.54) is 0 Å². The Kier molecular flexibility index (Phi) is 5.98. The molecule has 2 aliphatic rings. The molecule has 0 aromatic carbocycles. The molecule has 2 saturated heterocycles. The molecular formula is C19H26N4O3. The fraction of sp³-hybridized carbons (Fsp3) is 0.579. The van der Waals surface area contributed by atoms with E-state index in [1.807, 2.05) is 12.1 Å². The molecule has 2 aliphatic heterocycles. The molecule has 0 saturated carbocycles. The van der Waals surface area contributed by atoms with E-state index in [0.29, 0.717) is 25.2 Å². The Morgan fingerprint density at radius 3 is 2.65 bits per heavy atom. The third-order valence-corrected chi connectivity index (χ3v) is 5.15. The molecule has 2 N–H and O–H groups in total. The number of hydrogen-bond donors (Lipinski definition) is 2. The number of likely N-dealkylation sites (tertiary alicyclic amines) is 1. The second kappa shape index (κ2) is 8.40. The van der Waals surface area contributed by atoms with Gasteiger partial charge in [-0.25, -0.2) is 0 Å². The third kappa shape index (κ3) is 4.88. The standard InChI is InChI=1S/C19H26N4O3/c1-13(24)6-9-23-10-7-14(8-11-23)16-3-2-15(12-20-16)21-17-4-5-18(25)22-19(17)26/h2-3,12,14,17,21H,4-11H2,1H3,(H,22,25,26). The van der Waals surface area contributed by atoms with E-state index in [9.17, 15) is 14.4 Å². The second-order valence-corrected chi connectivity index (χ2v) is 7.19. The predicted molar refractivity (Wildman–Crippen MR) is 97.7 cm³/mol. The lowest BCUT2D eigenvalue weighted by atomic mass is 9.93. The monoisotopic (exact) mass is 358 g/mol. The number of amides is 2. The molecule has 7 nitrogen and oxygen atoms in total. The van der Waals surface area contributed by atoms with Crippen LogP contribution in [0.4, 0.5) is 5.69 Å². The quantitative estimate of drug-likeness (QED) is 0.748. The zero-order valence-corrected chi connectivity index (χ0v) is 15.2. The zero-order valence-electron chi connectivity index (χ0n) is 15.2. The maximum Gasteiger partial charge on any atom is 0.249 e. The first-order valence-corrected chi connectivity index (χ1v) is 9.29. The van der Waals surface area contributed by atoms with Gasteiger partial charge in [0, 0.05) is 31.0 Å².